The molecule has 2 unspecified atom stereocenters. The average Bonchev–Trinajstić information content (AvgIpc) is 2.16. The van der Waals surface area contributed by atoms with Gasteiger partial charge in [-0.1, -0.05) is 13.8 Å². The Balaban J connectivity index is 2.51. The molecule has 1 saturated heterocycles. The molecule has 1 fully saturated rings. The third-order valence-electron chi connectivity index (χ3n) is 2.54. The second-order valence-corrected chi connectivity index (χ2v) is 4.23. The molecule has 14 heavy (non-hydrogen) atoms. The molecule has 4 heteroatoms. The van der Waals surface area contributed by atoms with Gasteiger partial charge in [0.25, 0.3) is 0 Å². The van der Waals surface area contributed by atoms with Crippen molar-refractivity contribution in [2.24, 2.45) is 11.7 Å². The molecule has 1 aliphatic rings. The summed E-state index contributed by atoms with van der Waals surface area (Å²) in [6, 6.07) is -0.402. The van der Waals surface area contributed by atoms with Gasteiger partial charge in [0.15, 0.2) is 0 Å². The average molecular weight is 200 g/mol. The highest BCUT2D eigenvalue weighted by Gasteiger charge is 2.27. The fourth-order valence-electron chi connectivity index (χ4n) is 1.57. The predicted octanol–water partition coefficient (Wildman–Crippen LogP) is 0.217. The lowest BCUT2D eigenvalue weighted by Crippen LogP contribution is -2.51. The van der Waals surface area contributed by atoms with Gasteiger partial charge in [0.1, 0.15) is 0 Å². The van der Waals surface area contributed by atoms with E-state index in [4.69, 9.17) is 10.5 Å². The maximum atomic E-state index is 11.6. The SMILES string of the molecule is CC(N)C(=O)N1CCOC(C(C)C)C1. The Morgan fingerprint density at radius 2 is 2.14 bits per heavy atom. The van der Waals surface area contributed by atoms with E-state index in [1.165, 1.54) is 0 Å². The van der Waals surface area contributed by atoms with Crippen LogP contribution in [-0.2, 0) is 9.53 Å². The lowest BCUT2D eigenvalue weighted by atomic mass is 10.1. The van der Waals surface area contributed by atoms with Crippen LogP contribution < -0.4 is 5.73 Å². The molecule has 1 amide bonds. The van der Waals surface area contributed by atoms with E-state index in [1.807, 2.05) is 0 Å². The Labute approximate surface area is 85.4 Å². The highest BCUT2D eigenvalue weighted by molar-refractivity contribution is 5.81. The Morgan fingerprint density at radius 1 is 1.50 bits per heavy atom. The van der Waals surface area contributed by atoms with Gasteiger partial charge < -0.3 is 15.4 Å². The number of rotatable bonds is 2. The van der Waals surface area contributed by atoms with Gasteiger partial charge in [0.2, 0.25) is 5.91 Å². The van der Waals surface area contributed by atoms with Gasteiger partial charge in [0, 0.05) is 13.1 Å². The third-order valence-corrected chi connectivity index (χ3v) is 2.54. The summed E-state index contributed by atoms with van der Waals surface area (Å²) in [6.07, 6.45) is 0.159. The Morgan fingerprint density at radius 3 is 2.64 bits per heavy atom. The standard InChI is InChI=1S/C10H20N2O2/c1-7(2)9-6-12(4-5-14-9)10(13)8(3)11/h7-9H,4-6,11H2,1-3H3. The molecule has 4 nitrogen and oxygen atoms in total. The fraction of sp³-hybridized carbons (Fsp3) is 0.900. The van der Waals surface area contributed by atoms with Crippen LogP contribution in [0.1, 0.15) is 20.8 Å². The fourth-order valence-corrected chi connectivity index (χ4v) is 1.57. The Bertz CT molecular complexity index is 204. The molecule has 0 bridgehead atoms. The molecule has 0 aromatic heterocycles. The molecule has 1 rings (SSSR count). The van der Waals surface area contributed by atoms with Crippen LogP contribution in [0.5, 0.6) is 0 Å². The highest BCUT2D eigenvalue weighted by atomic mass is 16.5. The molecule has 1 aliphatic heterocycles. The zero-order valence-electron chi connectivity index (χ0n) is 9.19. The number of nitrogens with zero attached hydrogens (tertiary/aromatic N) is 1. The summed E-state index contributed by atoms with van der Waals surface area (Å²) < 4.78 is 5.56. The first-order chi connectivity index (χ1) is 6.52. The first kappa shape index (κ1) is 11.5. The predicted molar refractivity (Wildman–Crippen MR) is 54.8 cm³/mol. The minimum atomic E-state index is -0.402. The second-order valence-electron chi connectivity index (χ2n) is 4.23. The molecule has 0 radical (unpaired) electrons. The minimum absolute atomic E-state index is 0.0268. The van der Waals surface area contributed by atoms with Crippen molar-refractivity contribution in [3.8, 4) is 0 Å². The zero-order valence-corrected chi connectivity index (χ0v) is 9.19. The molecular weight excluding hydrogens is 180 g/mol. The zero-order chi connectivity index (χ0) is 10.7. The van der Waals surface area contributed by atoms with Gasteiger partial charge in [-0.15, -0.1) is 0 Å². The van der Waals surface area contributed by atoms with E-state index in [2.05, 4.69) is 13.8 Å². The molecule has 0 aromatic rings. The molecule has 2 N–H and O–H groups in total. The first-order valence-corrected chi connectivity index (χ1v) is 5.18. The molecule has 82 valence electrons. The molecule has 0 aromatic carbocycles. The summed E-state index contributed by atoms with van der Waals surface area (Å²) in [5, 5.41) is 0. The Kier molecular flexibility index (Phi) is 3.89. The summed E-state index contributed by atoms with van der Waals surface area (Å²) in [5.74, 6) is 0.470. The molecular formula is C10H20N2O2. The molecule has 0 aliphatic carbocycles. The first-order valence-electron chi connectivity index (χ1n) is 5.18. The second kappa shape index (κ2) is 4.75. The largest absolute Gasteiger partial charge is 0.374 e. The van der Waals surface area contributed by atoms with Crippen LogP contribution in [0.4, 0.5) is 0 Å². The molecule has 2 atom stereocenters. The van der Waals surface area contributed by atoms with Crippen LogP contribution in [0.2, 0.25) is 0 Å². The van der Waals surface area contributed by atoms with E-state index in [0.717, 1.165) is 0 Å². The number of carbonyl (C=O) groups excluding carboxylic acids is 1. The van der Waals surface area contributed by atoms with E-state index >= 15 is 0 Å². The number of ether oxygens (including phenoxy) is 1. The van der Waals surface area contributed by atoms with E-state index in [9.17, 15) is 4.79 Å². The van der Waals surface area contributed by atoms with Crippen molar-refractivity contribution < 1.29 is 9.53 Å². The topological polar surface area (TPSA) is 55.6 Å². The van der Waals surface area contributed by atoms with E-state index in [0.29, 0.717) is 25.6 Å². The smallest absolute Gasteiger partial charge is 0.239 e. The van der Waals surface area contributed by atoms with Crippen LogP contribution in [0.15, 0.2) is 0 Å². The van der Waals surface area contributed by atoms with Gasteiger partial charge >= 0.3 is 0 Å². The molecule has 0 saturated carbocycles. The number of nitrogens with two attached hydrogens (primary N) is 1. The number of amides is 1. The van der Waals surface area contributed by atoms with Gasteiger partial charge in [-0.25, -0.2) is 0 Å². The maximum Gasteiger partial charge on any atom is 0.239 e. The lowest BCUT2D eigenvalue weighted by molar-refractivity contribution is -0.141. The summed E-state index contributed by atoms with van der Waals surface area (Å²) in [4.78, 5) is 13.4. The lowest BCUT2D eigenvalue weighted by Gasteiger charge is -2.35. The molecule has 0 spiro atoms. The monoisotopic (exact) mass is 200 g/mol. The summed E-state index contributed by atoms with van der Waals surface area (Å²) in [5.41, 5.74) is 5.56. The highest BCUT2D eigenvalue weighted by Crippen LogP contribution is 2.13. The Hall–Kier alpha value is -0.610. The van der Waals surface area contributed by atoms with Gasteiger partial charge in [-0.2, -0.15) is 0 Å². The summed E-state index contributed by atoms with van der Waals surface area (Å²) >= 11 is 0. The van der Waals surface area contributed by atoms with Gasteiger partial charge in [-0.05, 0) is 12.8 Å². The minimum Gasteiger partial charge on any atom is -0.374 e. The third kappa shape index (κ3) is 2.69. The van der Waals surface area contributed by atoms with Crippen LogP contribution in [0, 0.1) is 5.92 Å². The van der Waals surface area contributed by atoms with Crippen molar-refractivity contribution in [3.05, 3.63) is 0 Å². The van der Waals surface area contributed by atoms with Crippen molar-refractivity contribution in [2.45, 2.75) is 32.9 Å². The van der Waals surface area contributed by atoms with Crippen molar-refractivity contribution in [1.29, 1.82) is 0 Å². The number of carbonyl (C=O) groups is 1. The van der Waals surface area contributed by atoms with Crippen molar-refractivity contribution in [3.63, 3.8) is 0 Å². The number of hydrogen-bond donors (Lipinski definition) is 1. The van der Waals surface area contributed by atoms with Crippen LogP contribution in [0.25, 0.3) is 0 Å². The van der Waals surface area contributed by atoms with E-state index in [-0.39, 0.29) is 12.0 Å². The van der Waals surface area contributed by atoms with E-state index in [1.54, 1.807) is 11.8 Å². The van der Waals surface area contributed by atoms with Crippen molar-refractivity contribution in [2.75, 3.05) is 19.7 Å². The normalized spacial score (nSPS) is 25.2. The van der Waals surface area contributed by atoms with Crippen LogP contribution >= 0.6 is 0 Å². The maximum absolute atomic E-state index is 11.6. The number of hydrogen-bond acceptors (Lipinski definition) is 3. The molecule has 1 heterocycles. The summed E-state index contributed by atoms with van der Waals surface area (Å²) in [6.45, 7) is 7.90. The summed E-state index contributed by atoms with van der Waals surface area (Å²) in [7, 11) is 0. The van der Waals surface area contributed by atoms with Crippen molar-refractivity contribution >= 4 is 5.91 Å². The van der Waals surface area contributed by atoms with E-state index < -0.39 is 6.04 Å². The van der Waals surface area contributed by atoms with Crippen LogP contribution in [0.3, 0.4) is 0 Å². The number of morpholine rings is 1. The van der Waals surface area contributed by atoms with Gasteiger partial charge in [-0.3, -0.25) is 4.79 Å². The quantitative estimate of drug-likeness (QED) is 0.693. The van der Waals surface area contributed by atoms with Crippen LogP contribution in [-0.4, -0.2) is 42.6 Å². The van der Waals surface area contributed by atoms with Crippen molar-refractivity contribution in [1.82, 2.24) is 4.90 Å². The van der Waals surface area contributed by atoms with Gasteiger partial charge in [0.05, 0.1) is 18.8 Å².